The summed E-state index contributed by atoms with van der Waals surface area (Å²) in [6.07, 6.45) is 28.7. The Hall–Kier alpha value is -6.32. The largest absolute Gasteiger partial charge is 0.456 e. The van der Waals surface area contributed by atoms with Crippen LogP contribution in [0.1, 0.15) is 67.2 Å². The number of nitrogens with one attached hydrogen (secondary N) is 1. The smallest absolute Gasteiger partial charge is 0.135 e. The van der Waals surface area contributed by atoms with Crippen LogP contribution in [0.4, 0.5) is 0 Å². The summed E-state index contributed by atoms with van der Waals surface area (Å²) in [6, 6.07) is 40.0. The van der Waals surface area contributed by atoms with Crippen molar-refractivity contribution in [2.24, 2.45) is 17.8 Å². The van der Waals surface area contributed by atoms with Gasteiger partial charge >= 0.3 is 0 Å². The van der Waals surface area contributed by atoms with E-state index >= 15 is 0 Å². The van der Waals surface area contributed by atoms with E-state index in [0.717, 1.165) is 76.0 Å². The van der Waals surface area contributed by atoms with Gasteiger partial charge in [0.05, 0.1) is 0 Å². The van der Waals surface area contributed by atoms with Gasteiger partial charge in [-0.1, -0.05) is 140 Å². The van der Waals surface area contributed by atoms with E-state index in [0.29, 0.717) is 29.7 Å². The quantitative estimate of drug-likeness (QED) is 0.184. The van der Waals surface area contributed by atoms with Gasteiger partial charge < -0.3 is 14.2 Å². The molecule has 1 N–H and O–H groups in total. The van der Waals surface area contributed by atoms with Crippen molar-refractivity contribution in [2.75, 3.05) is 0 Å². The maximum atomic E-state index is 6.32. The number of fused-ring (bicyclic) bond motifs is 6. The van der Waals surface area contributed by atoms with Gasteiger partial charge in [-0.3, -0.25) is 0 Å². The van der Waals surface area contributed by atoms with Crippen molar-refractivity contribution < 1.29 is 8.83 Å². The van der Waals surface area contributed by atoms with Crippen LogP contribution in [-0.4, -0.2) is 6.04 Å². The molecule has 0 saturated carbocycles. The van der Waals surface area contributed by atoms with Gasteiger partial charge in [-0.2, -0.15) is 0 Å². The third-order valence-corrected chi connectivity index (χ3v) is 13.3. The SMILES string of the molecule is CC1CC(C2=CC=CCC2)NC(c2ccc(C3C=CC=CC3)cc2)=CC1C1C=CC(c2ccc3oc4ccccc4c3c2)=C(c2ccc3oc4ccccc4c3c2)C1. The van der Waals surface area contributed by atoms with Gasteiger partial charge in [0.1, 0.15) is 22.3 Å². The Morgan fingerprint density at radius 1 is 0.638 bits per heavy atom. The first kappa shape index (κ1) is 34.9. The van der Waals surface area contributed by atoms with Crippen molar-refractivity contribution in [3.8, 4) is 0 Å². The van der Waals surface area contributed by atoms with Gasteiger partial charge in [0.15, 0.2) is 0 Å². The lowest BCUT2D eigenvalue weighted by molar-refractivity contribution is 0.318. The molecule has 5 atom stereocenters. The lowest BCUT2D eigenvalue weighted by Gasteiger charge is -2.32. The Morgan fingerprint density at radius 3 is 2.03 bits per heavy atom. The van der Waals surface area contributed by atoms with E-state index < -0.39 is 0 Å². The highest BCUT2D eigenvalue weighted by molar-refractivity contribution is 6.09. The summed E-state index contributed by atoms with van der Waals surface area (Å²) in [5, 5.41) is 8.75. The number of rotatable bonds is 6. The Morgan fingerprint density at radius 2 is 1.33 bits per heavy atom. The van der Waals surface area contributed by atoms with Crippen LogP contribution in [-0.2, 0) is 0 Å². The highest BCUT2D eigenvalue weighted by atomic mass is 16.3. The van der Waals surface area contributed by atoms with Gasteiger partial charge in [-0.15, -0.1) is 0 Å². The van der Waals surface area contributed by atoms with Gasteiger partial charge in [0.2, 0.25) is 0 Å². The minimum atomic E-state index is 0.300. The molecule has 3 heterocycles. The van der Waals surface area contributed by atoms with Crippen LogP contribution in [0.5, 0.6) is 0 Å². The molecule has 0 bridgehead atoms. The van der Waals surface area contributed by atoms with Crippen LogP contribution in [0.15, 0.2) is 184 Å². The topological polar surface area (TPSA) is 38.3 Å². The maximum absolute atomic E-state index is 6.32. The molecular formula is C55H47NO2. The molecule has 0 saturated heterocycles. The molecule has 11 rings (SSSR count). The van der Waals surface area contributed by atoms with Gasteiger partial charge in [0.25, 0.3) is 0 Å². The zero-order valence-corrected chi connectivity index (χ0v) is 32.9. The summed E-state index contributed by atoms with van der Waals surface area (Å²) in [4.78, 5) is 0. The number of benzene rings is 5. The lowest BCUT2D eigenvalue weighted by Crippen LogP contribution is -2.31. The molecule has 5 aromatic carbocycles. The number of hydrogen-bond donors (Lipinski definition) is 1. The standard InChI is InChI=1S/C55H47NO2/c1-35-30-50(38-14-6-3-7-15-38)56-51(39-22-20-37(21-23-39)36-12-4-2-5-13-36)34-46(35)41-24-27-43(40-25-28-54-48(32-40)44-16-8-10-18-52(44)57-54)47(31-41)42-26-29-55-49(33-42)45-17-9-11-19-53(45)58-55/h2-6,8-12,14,16-29,32-36,41,46,50,56H,7,13,15,30-31H2,1H3. The molecule has 0 amide bonds. The Kier molecular flexibility index (Phi) is 8.76. The molecule has 58 heavy (non-hydrogen) atoms. The van der Waals surface area contributed by atoms with Gasteiger partial charge in [-0.25, -0.2) is 0 Å². The third-order valence-electron chi connectivity index (χ3n) is 13.3. The van der Waals surface area contributed by atoms with Crippen molar-refractivity contribution in [1.82, 2.24) is 5.32 Å². The Bertz CT molecular complexity index is 2940. The van der Waals surface area contributed by atoms with E-state index in [1.807, 2.05) is 6.07 Å². The van der Waals surface area contributed by atoms with Crippen molar-refractivity contribution in [3.05, 3.63) is 198 Å². The van der Waals surface area contributed by atoms with Crippen LogP contribution in [0.3, 0.4) is 0 Å². The predicted octanol–water partition coefficient (Wildman–Crippen LogP) is 14.5. The van der Waals surface area contributed by atoms with Crippen LogP contribution in [0, 0.1) is 17.8 Å². The molecule has 0 radical (unpaired) electrons. The normalized spacial score (nSPS) is 23.4. The van der Waals surface area contributed by atoms with Crippen LogP contribution in [0.25, 0.3) is 60.7 Å². The van der Waals surface area contributed by atoms with Crippen LogP contribution in [0.2, 0.25) is 0 Å². The molecular weight excluding hydrogens is 707 g/mol. The van der Waals surface area contributed by atoms with Crippen molar-refractivity contribution in [1.29, 1.82) is 0 Å². The van der Waals surface area contributed by atoms with Gasteiger partial charge in [0, 0.05) is 39.2 Å². The van der Waals surface area contributed by atoms with E-state index in [2.05, 4.69) is 176 Å². The fourth-order valence-corrected chi connectivity index (χ4v) is 10.1. The molecule has 0 spiro atoms. The zero-order chi connectivity index (χ0) is 38.6. The maximum Gasteiger partial charge on any atom is 0.135 e. The van der Waals surface area contributed by atoms with E-state index in [4.69, 9.17) is 8.83 Å². The lowest BCUT2D eigenvalue weighted by atomic mass is 9.72. The number of hydrogen-bond acceptors (Lipinski definition) is 3. The second kappa shape index (κ2) is 14.6. The monoisotopic (exact) mass is 753 g/mol. The summed E-state index contributed by atoms with van der Waals surface area (Å²) in [5.74, 6) is 1.56. The first-order valence-electron chi connectivity index (χ1n) is 21.2. The van der Waals surface area contributed by atoms with Crippen LogP contribution < -0.4 is 5.32 Å². The highest BCUT2D eigenvalue weighted by Crippen LogP contribution is 2.46. The van der Waals surface area contributed by atoms with Crippen molar-refractivity contribution >= 4 is 60.7 Å². The summed E-state index contributed by atoms with van der Waals surface area (Å²) < 4.78 is 12.6. The molecule has 7 aromatic rings. The van der Waals surface area contributed by atoms with Crippen molar-refractivity contribution in [3.63, 3.8) is 0 Å². The predicted molar refractivity (Wildman–Crippen MR) is 242 cm³/mol. The molecule has 3 aliphatic carbocycles. The average Bonchev–Trinajstić information content (AvgIpc) is 3.79. The first-order valence-corrected chi connectivity index (χ1v) is 21.2. The van der Waals surface area contributed by atoms with E-state index in [1.54, 1.807) is 0 Å². The first-order chi connectivity index (χ1) is 28.6. The van der Waals surface area contributed by atoms with Gasteiger partial charge in [-0.05, 0) is 125 Å². The minimum Gasteiger partial charge on any atom is -0.456 e. The Balaban J connectivity index is 1.01. The highest BCUT2D eigenvalue weighted by Gasteiger charge is 2.34. The molecule has 4 aliphatic rings. The summed E-state index contributed by atoms with van der Waals surface area (Å²) in [5.41, 5.74) is 14.2. The zero-order valence-electron chi connectivity index (χ0n) is 32.9. The van der Waals surface area contributed by atoms with E-state index in [-0.39, 0.29) is 0 Å². The number of para-hydroxylation sites is 2. The number of furan rings is 2. The second-order valence-corrected chi connectivity index (χ2v) is 16.8. The van der Waals surface area contributed by atoms with Crippen LogP contribution >= 0.6 is 0 Å². The van der Waals surface area contributed by atoms with E-state index in [1.165, 1.54) is 44.7 Å². The molecule has 0 fully saturated rings. The molecule has 1 aliphatic heterocycles. The van der Waals surface area contributed by atoms with E-state index in [9.17, 15) is 0 Å². The molecule has 3 nitrogen and oxygen atoms in total. The molecule has 5 unspecified atom stereocenters. The molecule has 2 aromatic heterocycles. The van der Waals surface area contributed by atoms with Crippen molar-refractivity contribution in [2.45, 2.75) is 51.0 Å². The third kappa shape index (κ3) is 6.30. The fourth-order valence-electron chi connectivity index (χ4n) is 10.1. The fraction of sp³-hybridized carbons (Fsp3) is 0.200. The summed E-state index contributed by atoms with van der Waals surface area (Å²) in [6.45, 7) is 2.48. The molecule has 3 heteroatoms. The molecule has 284 valence electrons. The minimum absolute atomic E-state index is 0.300. The number of allylic oxidation sites excluding steroid dienone is 12. The second-order valence-electron chi connectivity index (χ2n) is 16.8. The summed E-state index contributed by atoms with van der Waals surface area (Å²) in [7, 11) is 0. The Labute approximate surface area is 340 Å². The summed E-state index contributed by atoms with van der Waals surface area (Å²) >= 11 is 0. The average molecular weight is 754 g/mol.